The molecule has 0 aliphatic carbocycles. The molecule has 0 radical (unpaired) electrons. The third kappa shape index (κ3) is 2.12. The van der Waals surface area contributed by atoms with E-state index < -0.39 is 11.4 Å². The van der Waals surface area contributed by atoms with Crippen molar-refractivity contribution in [2.24, 2.45) is 0 Å². The summed E-state index contributed by atoms with van der Waals surface area (Å²) >= 11 is 0. The van der Waals surface area contributed by atoms with E-state index in [1.54, 1.807) is 31.2 Å². The number of carbonyl (C=O) groups is 1. The number of fused-ring (bicyclic) bond motifs is 2. The standard InChI is InChI=1S/C16H12O5/c1-8-6-12(20-9(2)17)15-13(7-8)21-11-5-3-4-10(18)14(11)16(15)19/h3-7,18H,1-2H3. The molecular weight excluding hydrogens is 272 g/mol. The van der Waals surface area contributed by atoms with Crippen LogP contribution in [0.2, 0.25) is 0 Å². The molecule has 2 aromatic carbocycles. The van der Waals surface area contributed by atoms with Gasteiger partial charge in [0.1, 0.15) is 33.4 Å². The Labute approximate surface area is 119 Å². The van der Waals surface area contributed by atoms with Crippen molar-refractivity contribution in [2.75, 3.05) is 0 Å². The monoisotopic (exact) mass is 284 g/mol. The van der Waals surface area contributed by atoms with Gasteiger partial charge in [-0.25, -0.2) is 0 Å². The number of aromatic hydroxyl groups is 1. The molecule has 0 unspecified atom stereocenters. The van der Waals surface area contributed by atoms with E-state index in [-0.39, 0.29) is 27.9 Å². The van der Waals surface area contributed by atoms with Crippen LogP contribution in [0.1, 0.15) is 12.5 Å². The summed E-state index contributed by atoms with van der Waals surface area (Å²) in [6.07, 6.45) is 0. The van der Waals surface area contributed by atoms with Gasteiger partial charge in [0, 0.05) is 6.92 Å². The topological polar surface area (TPSA) is 76.7 Å². The van der Waals surface area contributed by atoms with Gasteiger partial charge in [0.25, 0.3) is 0 Å². The molecule has 0 spiro atoms. The maximum absolute atomic E-state index is 12.6. The Morgan fingerprint density at radius 3 is 2.67 bits per heavy atom. The number of phenolic OH excluding ortho intramolecular Hbond substituents is 1. The smallest absolute Gasteiger partial charge is 0.308 e. The highest BCUT2D eigenvalue weighted by molar-refractivity contribution is 5.96. The minimum Gasteiger partial charge on any atom is -0.507 e. The molecular formula is C16H12O5. The average Bonchev–Trinajstić information content (AvgIpc) is 2.36. The Balaban J connectivity index is 2.52. The van der Waals surface area contributed by atoms with Crippen LogP contribution in [0, 0.1) is 6.92 Å². The van der Waals surface area contributed by atoms with Gasteiger partial charge in [-0.2, -0.15) is 0 Å². The number of phenols is 1. The molecule has 1 heterocycles. The first kappa shape index (κ1) is 13.2. The molecule has 5 heteroatoms. The number of benzene rings is 2. The predicted octanol–water partition coefficient (Wildman–Crippen LogP) is 2.89. The van der Waals surface area contributed by atoms with E-state index in [0.717, 1.165) is 5.56 Å². The SMILES string of the molecule is CC(=O)Oc1cc(C)cc2oc3cccc(O)c3c(=O)c12. The second-order valence-electron chi connectivity index (χ2n) is 4.81. The maximum atomic E-state index is 12.6. The minimum atomic E-state index is -0.529. The van der Waals surface area contributed by atoms with Crippen molar-refractivity contribution < 1.29 is 19.1 Å². The second kappa shape index (κ2) is 4.63. The van der Waals surface area contributed by atoms with E-state index in [2.05, 4.69) is 0 Å². The van der Waals surface area contributed by atoms with E-state index in [4.69, 9.17) is 9.15 Å². The summed E-state index contributed by atoms with van der Waals surface area (Å²) in [5.41, 5.74) is 0.961. The molecule has 3 rings (SSSR count). The number of esters is 1. The zero-order valence-electron chi connectivity index (χ0n) is 11.5. The van der Waals surface area contributed by atoms with Crippen LogP contribution in [-0.4, -0.2) is 11.1 Å². The van der Waals surface area contributed by atoms with Crippen LogP contribution in [0.15, 0.2) is 39.5 Å². The van der Waals surface area contributed by atoms with Gasteiger partial charge in [0.15, 0.2) is 0 Å². The summed E-state index contributed by atoms with van der Waals surface area (Å²) in [6, 6.07) is 7.88. The summed E-state index contributed by atoms with van der Waals surface area (Å²) in [4.78, 5) is 23.8. The molecule has 0 amide bonds. The van der Waals surface area contributed by atoms with Crippen LogP contribution in [0.3, 0.4) is 0 Å². The zero-order valence-corrected chi connectivity index (χ0v) is 11.5. The van der Waals surface area contributed by atoms with Crippen molar-refractivity contribution in [3.63, 3.8) is 0 Å². The average molecular weight is 284 g/mol. The van der Waals surface area contributed by atoms with Gasteiger partial charge < -0.3 is 14.3 Å². The van der Waals surface area contributed by atoms with Crippen LogP contribution in [0.5, 0.6) is 11.5 Å². The number of ether oxygens (including phenoxy) is 1. The Kier molecular flexibility index (Phi) is 2.90. The van der Waals surface area contributed by atoms with Gasteiger partial charge in [-0.15, -0.1) is 0 Å². The van der Waals surface area contributed by atoms with Crippen LogP contribution >= 0.6 is 0 Å². The van der Waals surface area contributed by atoms with Crippen molar-refractivity contribution in [3.8, 4) is 11.5 Å². The molecule has 0 fully saturated rings. The van der Waals surface area contributed by atoms with E-state index in [9.17, 15) is 14.7 Å². The van der Waals surface area contributed by atoms with Gasteiger partial charge in [-0.1, -0.05) is 6.07 Å². The fraction of sp³-hybridized carbons (Fsp3) is 0.125. The van der Waals surface area contributed by atoms with E-state index in [0.29, 0.717) is 5.58 Å². The summed E-state index contributed by atoms with van der Waals surface area (Å²) in [7, 11) is 0. The highest BCUT2D eigenvalue weighted by Gasteiger charge is 2.16. The lowest BCUT2D eigenvalue weighted by molar-refractivity contribution is -0.131. The molecule has 0 aliphatic rings. The first-order valence-electron chi connectivity index (χ1n) is 6.35. The first-order chi connectivity index (χ1) is 9.97. The summed E-state index contributed by atoms with van der Waals surface area (Å²) in [6.45, 7) is 3.06. The highest BCUT2D eigenvalue weighted by atomic mass is 16.5. The van der Waals surface area contributed by atoms with Crippen LogP contribution in [-0.2, 0) is 4.79 Å². The second-order valence-corrected chi connectivity index (χ2v) is 4.81. The Hall–Kier alpha value is -2.82. The van der Waals surface area contributed by atoms with Crippen molar-refractivity contribution in [1.82, 2.24) is 0 Å². The normalized spacial score (nSPS) is 11.0. The molecule has 0 atom stereocenters. The third-order valence-electron chi connectivity index (χ3n) is 3.14. The molecule has 21 heavy (non-hydrogen) atoms. The van der Waals surface area contributed by atoms with Gasteiger partial charge in [-0.05, 0) is 36.8 Å². The van der Waals surface area contributed by atoms with Gasteiger partial charge in [-0.3, -0.25) is 9.59 Å². The quantitative estimate of drug-likeness (QED) is 0.422. The van der Waals surface area contributed by atoms with Crippen molar-refractivity contribution in [3.05, 3.63) is 46.1 Å². The molecule has 1 N–H and O–H groups in total. The van der Waals surface area contributed by atoms with Gasteiger partial charge in [0.2, 0.25) is 5.43 Å². The summed E-state index contributed by atoms with van der Waals surface area (Å²) < 4.78 is 10.8. The van der Waals surface area contributed by atoms with Gasteiger partial charge >= 0.3 is 5.97 Å². The molecule has 3 aromatic rings. The Morgan fingerprint density at radius 2 is 1.95 bits per heavy atom. The van der Waals surface area contributed by atoms with Crippen LogP contribution in [0.4, 0.5) is 0 Å². The van der Waals surface area contributed by atoms with E-state index in [1.807, 2.05) is 0 Å². The van der Waals surface area contributed by atoms with Gasteiger partial charge in [0.05, 0.1) is 0 Å². The first-order valence-corrected chi connectivity index (χ1v) is 6.35. The molecule has 0 bridgehead atoms. The molecule has 0 saturated carbocycles. The predicted molar refractivity (Wildman–Crippen MR) is 77.7 cm³/mol. The molecule has 106 valence electrons. The van der Waals surface area contributed by atoms with Crippen LogP contribution < -0.4 is 10.2 Å². The number of aryl methyl sites for hydroxylation is 1. The van der Waals surface area contributed by atoms with Crippen molar-refractivity contribution in [1.29, 1.82) is 0 Å². The van der Waals surface area contributed by atoms with Crippen molar-refractivity contribution >= 4 is 27.9 Å². The lowest BCUT2D eigenvalue weighted by Gasteiger charge is -2.08. The fourth-order valence-electron chi connectivity index (χ4n) is 2.34. The molecule has 1 aromatic heterocycles. The number of rotatable bonds is 1. The van der Waals surface area contributed by atoms with Crippen molar-refractivity contribution in [2.45, 2.75) is 13.8 Å². The lowest BCUT2D eigenvalue weighted by Crippen LogP contribution is -2.08. The minimum absolute atomic E-state index is 0.0715. The largest absolute Gasteiger partial charge is 0.507 e. The number of hydrogen-bond acceptors (Lipinski definition) is 5. The molecule has 0 saturated heterocycles. The third-order valence-corrected chi connectivity index (χ3v) is 3.14. The zero-order chi connectivity index (χ0) is 15.1. The van der Waals surface area contributed by atoms with E-state index >= 15 is 0 Å². The highest BCUT2D eigenvalue weighted by Crippen LogP contribution is 2.30. The molecule has 0 aliphatic heterocycles. The van der Waals surface area contributed by atoms with Crippen LogP contribution in [0.25, 0.3) is 21.9 Å². The lowest BCUT2D eigenvalue weighted by atomic mass is 10.1. The Morgan fingerprint density at radius 1 is 1.19 bits per heavy atom. The Bertz CT molecular complexity index is 937. The number of carbonyl (C=O) groups excluding carboxylic acids is 1. The number of hydrogen-bond donors (Lipinski definition) is 1. The molecule has 5 nitrogen and oxygen atoms in total. The summed E-state index contributed by atoms with van der Waals surface area (Å²) in [5.74, 6) is -0.562. The fourth-order valence-corrected chi connectivity index (χ4v) is 2.34. The summed E-state index contributed by atoms with van der Waals surface area (Å²) in [5, 5.41) is 10.1. The maximum Gasteiger partial charge on any atom is 0.308 e. The van der Waals surface area contributed by atoms with E-state index in [1.165, 1.54) is 13.0 Å².